The predicted octanol–water partition coefficient (Wildman–Crippen LogP) is 5.89. The molecule has 6 atom stereocenters. The van der Waals surface area contributed by atoms with Gasteiger partial charge in [0.25, 0.3) is 0 Å². The van der Waals surface area contributed by atoms with Crippen molar-refractivity contribution in [3.8, 4) is 5.75 Å². The molecule has 2 aliphatic carbocycles. The van der Waals surface area contributed by atoms with E-state index in [0.29, 0.717) is 23.4 Å². The maximum absolute atomic E-state index is 14.6. The monoisotopic (exact) mass is 754 g/mol. The van der Waals surface area contributed by atoms with Crippen LogP contribution in [0.1, 0.15) is 31.2 Å². The van der Waals surface area contributed by atoms with Crippen LogP contribution in [-0.2, 0) is 19.2 Å². The highest BCUT2D eigenvalue weighted by Crippen LogP contribution is 2.64. The Morgan fingerprint density at radius 1 is 0.957 bits per heavy atom. The number of rotatable bonds is 6. The summed E-state index contributed by atoms with van der Waals surface area (Å²) in [7, 11) is 0. The average molecular weight is 755 g/mol. The molecule has 1 saturated carbocycles. The Morgan fingerprint density at radius 3 is 2.39 bits per heavy atom. The number of benzene rings is 3. The van der Waals surface area contributed by atoms with E-state index in [0.717, 1.165) is 20.1 Å². The van der Waals surface area contributed by atoms with E-state index >= 15 is 0 Å². The van der Waals surface area contributed by atoms with E-state index in [1.165, 1.54) is 17.0 Å². The second-order valence-electron chi connectivity index (χ2n) is 12.4. The van der Waals surface area contributed by atoms with Crippen LogP contribution in [0, 0.1) is 38.5 Å². The summed E-state index contributed by atoms with van der Waals surface area (Å²) in [6.45, 7) is 1.55. The normalized spacial score (nSPS) is 28.6. The van der Waals surface area contributed by atoms with Crippen molar-refractivity contribution in [3.05, 3.63) is 98.4 Å². The van der Waals surface area contributed by atoms with Gasteiger partial charge in [-0.2, -0.15) is 0 Å². The van der Waals surface area contributed by atoms with Gasteiger partial charge in [0.15, 0.2) is 0 Å². The summed E-state index contributed by atoms with van der Waals surface area (Å²) in [4.78, 5) is 59.3. The molecule has 4 amide bonds. The molecular weight excluding hydrogens is 726 g/mol. The van der Waals surface area contributed by atoms with Crippen LogP contribution in [0.15, 0.2) is 78.4 Å². The fourth-order valence-corrected chi connectivity index (χ4v) is 8.61. The SMILES string of the molecule is C[C@@]12C(=O)N(c3ccc(F)c(Cl)c3)C(=O)[C@@H]1C[C@@H]1C(=CC[C@@H]3C(=O)N(c4ccc(I)cc4)C(=O)[C@@H]31)[C@@H]2c1ccccc1OCCO. The van der Waals surface area contributed by atoms with Crippen molar-refractivity contribution in [2.75, 3.05) is 23.0 Å². The van der Waals surface area contributed by atoms with Gasteiger partial charge in [-0.1, -0.05) is 41.4 Å². The molecule has 0 aromatic heterocycles. The van der Waals surface area contributed by atoms with Crippen LogP contribution in [0.2, 0.25) is 5.02 Å². The van der Waals surface area contributed by atoms with Crippen molar-refractivity contribution in [2.45, 2.75) is 25.7 Å². The number of nitrogens with zero attached hydrogens (tertiary/aromatic N) is 2. The summed E-state index contributed by atoms with van der Waals surface area (Å²) >= 11 is 8.25. The van der Waals surface area contributed by atoms with E-state index < -0.39 is 52.6 Å². The first-order chi connectivity index (χ1) is 22.1. The van der Waals surface area contributed by atoms with Crippen LogP contribution < -0.4 is 14.5 Å². The van der Waals surface area contributed by atoms with Gasteiger partial charge in [0.2, 0.25) is 23.6 Å². The molecule has 2 saturated heterocycles. The molecule has 1 N–H and O–H groups in total. The number of carbonyl (C=O) groups is 4. The second kappa shape index (κ2) is 11.6. The van der Waals surface area contributed by atoms with Gasteiger partial charge in [-0.15, -0.1) is 0 Å². The van der Waals surface area contributed by atoms with Gasteiger partial charge < -0.3 is 9.84 Å². The lowest BCUT2D eigenvalue weighted by Gasteiger charge is -2.49. The third-order valence-electron chi connectivity index (χ3n) is 10.1. The Labute approximate surface area is 283 Å². The Bertz CT molecular complexity index is 1830. The molecular formula is C35H29ClFIN2O6. The van der Waals surface area contributed by atoms with Crippen molar-refractivity contribution in [1.29, 1.82) is 0 Å². The van der Waals surface area contributed by atoms with Crippen LogP contribution in [0.4, 0.5) is 15.8 Å². The zero-order valence-corrected chi connectivity index (χ0v) is 27.6. The number of aliphatic hydroxyl groups is 1. The van der Waals surface area contributed by atoms with Crippen LogP contribution in [0.3, 0.4) is 0 Å². The Morgan fingerprint density at radius 2 is 1.67 bits per heavy atom. The molecule has 3 fully saturated rings. The van der Waals surface area contributed by atoms with E-state index in [1.807, 2.05) is 30.3 Å². The minimum Gasteiger partial charge on any atom is -0.491 e. The van der Waals surface area contributed by atoms with Gasteiger partial charge in [-0.05, 0) is 96.8 Å². The summed E-state index contributed by atoms with van der Waals surface area (Å²) in [5.74, 6) is -5.16. The minimum absolute atomic E-state index is 0.0160. The van der Waals surface area contributed by atoms with Crippen molar-refractivity contribution in [3.63, 3.8) is 0 Å². The first-order valence-electron chi connectivity index (χ1n) is 15.1. The molecule has 2 aliphatic heterocycles. The molecule has 3 aromatic carbocycles. The number of anilines is 2. The number of imide groups is 2. The number of halogens is 3. The summed E-state index contributed by atoms with van der Waals surface area (Å²) < 4.78 is 21.0. The van der Waals surface area contributed by atoms with Crippen LogP contribution >= 0.6 is 34.2 Å². The Balaban J connectivity index is 1.37. The molecule has 236 valence electrons. The van der Waals surface area contributed by atoms with Gasteiger partial charge in [0.1, 0.15) is 18.2 Å². The minimum atomic E-state index is -1.31. The smallest absolute Gasteiger partial charge is 0.241 e. The third-order valence-corrected chi connectivity index (χ3v) is 11.1. The standard InChI is InChI=1S/C35H29ClFIN2O6/c1-35-25(32(43)40(34(35)45)20-10-13-27(37)26(36)16-20)17-24-21(30(35)22-4-2-3-5-28(22)46-15-14-41)11-12-23-29(24)33(44)39(31(23)42)19-8-6-18(38)7-9-19/h2-11,13,16,23-25,29-30,41H,12,14-15,17H2,1H3/t23-,24+,25-,29-,30+,35+/m0/s1. The fraction of sp³-hybridized carbons (Fsp3) is 0.314. The van der Waals surface area contributed by atoms with Gasteiger partial charge in [0, 0.05) is 15.1 Å². The fourth-order valence-electron chi connectivity index (χ4n) is 8.08. The maximum atomic E-state index is 14.6. The average Bonchev–Trinajstić information content (AvgIpc) is 3.41. The molecule has 0 radical (unpaired) electrons. The number of hydrogen-bond acceptors (Lipinski definition) is 6. The van der Waals surface area contributed by atoms with E-state index in [9.17, 15) is 28.7 Å². The summed E-state index contributed by atoms with van der Waals surface area (Å²) in [6.07, 6.45) is 2.45. The van der Waals surface area contributed by atoms with E-state index in [4.69, 9.17) is 16.3 Å². The van der Waals surface area contributed by atoms with Crippen LogP contribution in [0.5, 0.6) is 5.75 Å². The summed E-state index contributed by atoms with van der Waals surface area (Å²) in [5.41, 5.74) is 0.799. The highest BCUT2D eigenvalue weighted by molar-refractivity contribution is 14.1. The molecule has 3 aromatic rings. The number of aliphatic hydroxyl groups excluding tert-OH is 1. The topological polar surface area (TPSA) is 104 Å². The molecule has 0 unspecified atom stereocenters. The second-order valence-corrected chi connectivity index (χ2v) is 14.0. The zero-order chi connectivity index (χ0) is 32.5. The lowest BCUT2D eigenvalue weighted by atomic mass is 9.51. The number of carbonyl (C=O) groups excluding carboxylic acids is 4. The summed E-state index contributed by atoms with van der Waals surface area (Å²) in [6, 6.07) is 18.1. The Hall–Kier alpha value is -3.61. The predicted molar refractivity (Wildman–Crippen MR) is 177 cm³/mol. The molecule has 46 heavy (non-hydrogen) atoms. The van der Waals surface area contributed by atoms with Gasteiger partial charge in [-0.3, -0.25) is 24.1 Å². The maximum Gasteiger partial charge on any atom is 0.241 e. The Kier molecular flexibility index (Phi) is 7.80. The molecule has 4 aliphatic rings. The van der Waals surface area contributed by atoms with E-state index in [1.54, 1.807) is 31.2 Å². The lowest BCUT2D eigenvalue weighted by molar-refractivity contribution is -0.131. The number of amides is 4. The largest absolute Gasteiger partial charge is 0.491 e. The van der Waals surface area contributed by atoms with Crippen LogP contribution in [-0.4, -0.2) is 41.9 Å². The quantitative estimate of drug-likeness (QED) is 0.191. The van der Waals surface area contributed by atoms with Crippen molar-refractivity contribution >= 4 is 69.2 Å². The van der Waals surface area contributed by atoms with E-state index in [-0.39, 0.29) is 42.2 Å². The molecule has 0 bridgehead atoms. The number of para-hydroxylation sites is 1. The molecule has 11 heteroatoms. The number of ether oxygens (including phenoxy) is 1. The van der Waals surface area contributed by atoms with Crippen molar-refractivity contribution in [2.24, 2.45) is 29.1 Å². The highest BCUT2D eigenvalue weighted by Gasteiger charge is 2.68. The zero-order valence-electron chi connectivity index (χ0n) is 24.7. The van der Waals surface area contributed by atoms with Crippen molar-refractivity contribution in [1.82, 2.24) is 0 Å². The van der Waals surface area contributed by atoms with Gasteiger partial charge in [-0.25, -0.2) is 9.29 Å². The number of allylic oxidation sites excluding steroid dienone is 2. The highest BCUT2D eigenvalue weighted by atomic mass is 127. The first-order valence-corrected chi connectivity index (χ1v) is 16.5. The van der Waals surface area contributed by atoms with Gasteiger partial charge >= 0.3 is 0 Å². The molecule has 2 heterocycles. The van der Waals surface area contributed by atoms with Gasteiger partial charge in [0.05, 0.1) is 46.2 Å². The lowest BCUT2D eigenvalue weighted by Crippen LogP contribution is -2.49. The molecule has 7 rings (SSSR count). The molecule has 0 spiro atoms. The summed E-state index contributed by atoms with van der Waals surface area (Å²) in [5, 5.41) is 9.31. The number of hydrogen-bond donors (Lipinski definition) is 1. The van der Waals surface area contributed by atoms with Crippen LogP contribution in [0.25, 0.3) is 0 Å². The van der Waals surface area contributed by atoms with Crippen molar-refractivity contribution < 1.29 is 33.4 Å². The third kappa shape index (κ3) is 4.55. The first kappa shape index (κ1) is 31.0. The van der Waals surface area contributed by atoms with E-state index in [2.05, 4.69) is 22.6 Å². The number of fused-ring (bicyclic) bond motifs is 4. The molecule has 8 nitrogen and oxygen atoms in total.